The summed E-state index contributed by atoms with van der Waals surface area (Å²) in [5, 5.41) is 5.67. The van der Waals surface area contributed by atoms with Gasteiger partial charge >= 0.3 is 0 Å². The number of carbonyl (C=O) groups is 1. The molecule has 4 nitrogen and oxygen atoms in total. The summed E-state index contributed by atoms with van der Waals surface area (Å²) in [5.74, 6) is 0.0336. The molecule has 0 aliphatic heterocycles. The van der Waals surface area contributed by atoms with Crippen LogP contribution in [0.15, 0.2) is 29.8 Å². The Bertz CT molecular complexity index is 524. The molecule has 19 heavy (non-hydrogen) atoms. The molecule has 0 unspecified atom stereocenters. The van der Waals surface area contributed by atoms with Gasteiger partial charge in [-0.3, -0.25) is 9.78 Å². The van der Waals surface area contributed by atoms with Crippen molar-refractivity contribution in [3.8, 4) is 10.7 Å². The predicted molar refractivity (Wildman–Crippen MR) is 77.0 cm³/mol. The van der Waals surface area contributed by atoms with E-state index in [0.29, 0.717) is 6.42 Å². The number of carbonyl (C=O) groups excluding carboxylic acids is 1. The summed E-state index contributed by atoms with van der Waals surface area (Å²) < 4.78 is 0. The van der Waals surface area contributed by atoms with E-state index in [2.05, 4.69) is 22.2 Å². The van der Waals surface area contributed by atoms with Crippen LogP contribution in [0, 0.1) is 0 Å². The second-order valence-corrected chi connectivity index (χ2v) is 5.10. The monoisotopic (exact) mass is 275 g/mol. The number of thiazole rings is 1. The van der Waals surface area contributed by atoms with Crippen molar-refractivity contribution in [3.05, 3.63) is 35.5 Å². The van der Waals surface area contributed by atoms with Crippen LogP contribution < -0.4 is 5.32 Å². The highest BCUT2D eigenvalue weighted by atomic mass is 32.1. The number of pyridine rings is 1. The molecule has 0 radical (unpaired) electrons. The van der Waals surface area contributed by atoms with Gasteiger partial charge in [-0.2, -0.15) is 0 Å². The van der Waals surface area contributed by atoms with Gasteiger partial charge in [-0.1, -0.05) is 19.4 Å². The molecule has 2 heterocycles. The molecule has 0 saturated carbocycles. The van der Waals surface area contributed by atoms with E-state index in [1.807, 2.05) is 23.6 Å². The van der Waals surface area contributed by atoms with Crippen molar-refractivity contribution in [2.24, 2.45) is 0 Å². The lowest BCUT2D eigenvalue weighted by Crippen LogP contribution is -2.26. The number of hydrogen-bond donors (Lipinski definition) is 1. The van der Waals surface area contributed by atoms with Crippen LogP contribution in [0.4, 0.5) is 0 Å². The van der Waals surface area contributed by atoms with Crippen LogP contribution in [-0.4, -0.2) is 22.4 Å². The highest BCUT2D eigenvalue weighted by molar-refractivity contribution is 7.13. The molecule has 5 heteroatoms. The number of hydrogen-bond acceptors (Lipinski definition) is 4. The van der Waals surface area contributed by atoms with Crippen LogP contribution in [-0.2, 0) is 11.2 Å². The molecule has 2 aromatic rings. The van der Waals surface area contributed by atoms with Crippen molar-refractivity contribution >= 4 is 17.2 Å². The van der Waals surface area contributed by atoms with E-state index < -0.39 is 0 Å². The first kappa shape index (κ1) is 13.7. The summed E-state index contributed by atoms with van der Waals surface area (Å²) in [6.07, 6.45) is 4.18. The SMILES string of the molecule is CCCCNC(=O)Cc1csc(-c2ccccn2)n1. The average molecular weight is 275 g/mol. The molecule has 2 rings (SSSR count). The lowest BCUT2D eigenvalue weighted by molar-refractivity contribution is -0.120. The molecule has 0 saturated heterocycles. The van der Waals surface area contributed by atoms with Crippen LogP contribution in [0.3, 0.4) is 0 Å². The molecule has 0 bridgehead atoms. The van der Waals surface area contributed by atoms with E-state index in [-0.39, 0.29) is 5.91 Å². The predicted octanol–water partition coefficient (Wildman–Crippen LogP) is 2.66. The minimum atomic E-state index is 0.0336. The van der Waals surface area contributed by atoms with Gasteiger partial charge < -0.3 is 5.32 Å². The molecular weight excluding hydrogens is 258 g/mol. The third kappa shape index (κ3) is 4.13. The smallest absolute Gasteiger partial charge is 0.226 e. The summed E-state index contributed by atoms with van der Waals surface area (Å²) in [6, 6.07) is 5.73. The first-order valence-corrected chi connectivity index (χ1v) is 7.30. The van der Waals surface area contributed by atoms with Crippen molar-refractivity contribution in [2.45, 2.75) is 26.2 Å². The fraction of sp³-hybridized carbons (Fsp3) is 0.357. The number of rotatable bonds is 6. The Kier molecular flexibility index (Phi) is 5.03. The number of aromatic nitrogens is 2. The third-order valence-corrected chi connectivity index (χ3v) is 3.54. The molecule has 0 aliphatic rings. The second kappa shape index (κ2) is 6.99. The molecule has 0 fully saturated rings. The van der Waals surface area contributed by atoms with Crippen molar-refractivity contribution in [2.75, 3.05) is 6.54 Å². The Morgan fingerprint density at radius 3 is 3.05 bits per heavy atom. The number of nitrogens with zero attached hydrogens (tertiary/aromatic N) is 2. The summed E-state index contributed by atoms with van der Waals surface area (Å²) in [5.41, 5.74) is 1.66. The van der Waals surface area contributed by atoms with Crippen LogP contribution in [0.1, 0.15) is 25.5 Å². The van der Waals surface area contributed by atoms with E-state index in [0.717, 1.165) is 35.8 Å². The summed E-state index contributed by atoms with van der Waals surface area (Å²) in [7, 11) is 0. The molecule has 0 aliphatic carbocycles. The van der Waals surface area contributed by atoms with Gasteiger partial charge in [0.25, 0.3) is 0 Å². The molecule has 2 aromatic heterocycles. The quantitative estimate of drug-likeness (QED) is 0.825. The zero-order valence-corrected chi connectivity index (χ0v) is 11.7. The minimum absolute atomic E-state index is 0.0336. The highest BCUT2D eigenvalue weighted by Crippen LogP contribution is 2.21. The van der Waals surface area contributed by atoms with E-state index in [1.54, 1.807) is 6.20 Å². The maximum absolute atomic E-state index is 11.7. The topological polar surface area (TPSA) is 54.9 Å². The zero-order valence-electron chi connectivity index (χ0n) is 10.9. The standard InChI is InChI=1S/C14H17N3OS/c1-2-3-7-16-13(18)9-11-10-19-14(17-11)12-6-4-5-8-15-12/h4-6,8,10H,2-3,7,9H2,1H3,(H,16,18). The first-order valence-electron chi connectivity index (χ1n) is 6.42. The Morgan fingerprint density at radius 1 is 1.42 bits per heavy atom. The number of nitrogens with one attached hydrogen (secondary N) is 1. The Hall–Kier alpha value is -1.75. The fourth-order valence-electron chi connectivity index (χ4n) is 1.63. The fourth-order valence-corrected chi connectivity index (χ4v) is 2.42. The van der Waals surface area contributed by atoms with Gasteiger partial charge in [0.1, 0.15) is 5.01 Å². The average Bonchev–Trinajstić information content (AvgIpc) is 2.88. The van der Waals surface area contributed by atoms with Crippen molar-refractivity contribution in [1.29, 1.82) is 0 Å². The second-order valence-electron chi connectivity index (χ2n) is 4.24. The van der Waals surface area contributed by atoms with E-state index in [1.165, 1.54) is 11.3 Å². The lowest BCUT2D eigenvalue weighted by atomic mass is 10.3. The van der Waals surface area contributed by atoms with Crippen LogP contribution in [0.5, 0.6) is 0 Å². The molecule has 0 spiro atoms. The minimum Gasteiger partial charge on any atom is -0.356 e. The van der Waals surface area contributed by atoms with E-state index in [4.69, 9.17) is 0 Å². The summed E-state index contributed by atoms with van der Waals surface area (Å²) in [4.78, 5) is 20.4. The van der Waals surface area contributed by atoms with E-state index >= 15 is 0 Å². The van der Waals surface area contributed by atoms with Crippen molar-refractivity contribution in [3.63, 3.8) is 0 Å². The maximum Gasteiger partial charge on any atom is 0.226 e. The lowest BCUT2D eigenvalue weighted by Gasteiger charge is -2.01. The van der Waals surface area contributed by atoms with Gasteiger partial charge in [0, 0.05) is 18.1 Å². The van der Waals surface area contributed by atoms with Gasteiger partial charge in [0.2, 0.25) is 5.91 Å². The summed E-state index contributed by atoms with van der Waals surface area (Å²) in [6.45, 7) is 2.85. The number of amides is 1. The van der Waals surface area contributed by atoms with Crippen molar-refractivity contribution in [1.82, 2.24) is 15.3 Å². The first-order chi connectivity index (χ1) is 9.29. The third-order valence-electron chi connectivity index (χ3n) is 2.63. The normalized spacial score (nSPS) is 10.4. The molecule has 0 atom stereocenters. The van der Waals surface area contributed by atoms with Crippen LogP contribution in [0.25, 0.3) is 10.7 Å². The number of unbranched alkanes of at least 4 members (excludes halogenated alkanes) is 1. The zero-order chi connectivity index (χ0) is 13.5. The van der Waals surface area contributed by atoms with Gasteiger partial charge in [0.15, 0.2) is 0 Å². The largest absolute Gasteiger partial charge is 0.356 e. The maximum atomic E-state index is 11.7. The van der Waals surface area contributed by atoms with Gasteiger partial charge in [-0.05, 0) is 18.6 Å². The molecule has 1 amide bonds. The Balaban J connectivity index is 1.93. The summed E-state index contributed by atoms with van der Waals surface area (Å²) >= 11 is 1.52. The highest BCUT2D eigenvalue weighted by Gasteiger charge is 2.08. The Labute approximate surface area is 116 Å². The van der Waals surface area contributed by atoms with Gasteiger partial charge in [0.05, 0.1) is 17.8 Å². The Morgan fingerprint density at radius 2 is 2.32 bits per heavy atom. The molecule has 0 aromatic carbocycles. The van der Waals surface area contributed by atoms with Crippen molar-refractivity contribution < 1.29 is 4.79 Å². The van der Waals surface area contributed by atoms with E-state index in [9.17, 15) is 4.79 Å². The van der Waals surface area contributed by atoms with Crippen LogP contribution >= 0.6 is 11.3 Å². The van der Waals surface area contributed by atoms with Crippen LogP contribution in [0.2, 0.25) is 0 Å². The molecule has 1 N–H and O–H groups in total. The van der Waals surface area contributed by atoms with Gasteiger partial charge in [-0.25, -0.2) is 4.98 Å². The molecular formula is C14H17N3OS. The van der Waals surface area contributed by atoms with Gasteiger partial charge in [-0.15, -0.1) is 11.3 Å². The molecule has 100 valence electrons.